The van der Waals surface area contributed by atoms with E-state index in [1.165, 1.54) is 0 Å². The molecule has 0 aliphatic carbocycles. The van der Waals surface area contributed by atoms with E-state index < -0.39 is 0 Å². The number of hydrogen-bond acceptors (Lipinski definition) is 5. The monoisotopic (exact) mass is 274 g/mol. The van der Waals surface area contributed by atoms with Crippen LogP contribution in [-0.4, -0.2) is 70.7 Å². The molecule has 0 amide bonds. The average Bonchev–Trinajstić information content (AvgIpc) is 2.96. The molecule has 0 aromatic heterocycles. The molecule has 1 rings (SSSR count). The highest BCUT2D eigenvalue weighted by Gasteiger charge is 2.40. The summed E-state index contributed by atoms with van der Waals surface area (Å²) in [7, 11) is 3.48. The first-order valence-corrected chi connectivity index (χ1v) is 7.19. The normalized spacial score (nSPS) is 22.9. The quantitative estimate of drug-likeness (QED) is 0.595. The van der Waals surface area contributed by atoms with Gasteiger partial charge in [-0.1, -0.05) is 0 Å². The molecule has 0 saturated carbocycles. The molecule has 0 aromatic carbocycles. The third-order valence-corrected chi connectivity index (χ3v) is 4.29. The summed E-state index contributed by atoms with van der Waals surface area (Å²) in [5.41, 5.74) is 6.08. The van der Waals surface area contributed by atoms with Crippen molar-refractivity contribution in [2.75, 3.05) is 60.3 Å². The molecule has 1 aliphatic heterocycles. The van der Waals surface area contributed by atoms with Gasteiger partial charge in [0.05, 0.1) is 13.2 Å². The molecule has 1 fully saturated rings. The van der Waals surface area contributed by atoms with Crippen LogP contribution in [0.4, 0.5) is 0 Å². The number of hydrogen-bond donors (Lipinski definition) is 1. The number of methoxy groups -OCH3 is 2. The highest BCUT2D eigenvalue weighted by molar-refractivity contribution is 4.95. The lowest BCUT2D eigenvalue weighted by Gasteiger charge is -2.44. The second kappa shape index (κ2) is 8.87. The lowest BCUT2D eigenvalue weighted by molar-refractivity contribution is 0.0197. The third-order valence-electron chi connectivity index (χ3n) is 4.29. The minimum absolute atomic E-state index is 0.0111. The Morgan fingerprint density at radius 1 is 1.26 bits per heavy atom. The van der Waals surface area contributed by atoms with Crippen molar-refractivity contribution in [2.45, 2.75) is 25.3 Å². The molecule has 1 saturated heterocycles. The zero-order chi connectivity index (χ0) is 14.1. The molecular weight excluding hydrogens is 244 g/mol. The van der Waals surface area contributed by atoms with Crippen molar-refractivity contribution in [3.63, 3.8) is 0 Å². The standard InChI is InChI=1S/C14H30N2O3/c1-14(12-15,13-5-9-19-11-13)16(7-10-18-3)6-4-8-17-2/h13H,4-12,15H2,1-3H3. The maximum absolute atomic E-state index is 6.09. The van der Waals surface area contributed by atoms with Crippen molar-refractivity contribution in [3.05, 3.63) is 0 Å². The molecule has 1 heterocycles. The summed E-state index contributed by atoms with van der Waals surface area (Å²) in [5.74, 6) is 0.511. The molecule has 5 heteroatoms. The molecule has 0 aromatic rings. The summed E-state index contributed by atoms with van der Waals surface area (Å²) in [6.07, 6.45) is 2.12. The molecule has 5 nitrogen and oxygen atoms in total. The summed E-state index contributed by atoms with van der Waals surface area (Å²) in [5, 5.41) is 0. The van der Waals surface area contributed by atoms with Gasteiger partial charge in [-0.2, -0.15) is 0 Å². The maximum atomic E-state index is 6.09. The van der Waals surface area contributed by atoms with Gasteiger partial charge in [-0.25, -0.2) is 0 Å². The lowest BCUT2D eigenvalue weighted by atomic mass is 9.83. The fraction of sp³-hybridized carbons (Fsp3) is 1.00. The average molecular weight is 274 g/mol. The van der Waals surface area contributed by atoms with Crippen molar-refractivity contribution in [1.82, 2.24) is 4.90 Å². The van der Waals surface area contributed by atoms with Gasteiger partial charge >= 0.3 is 0 Å². The maximum Gasteiger partial charge on any atom is 0.0589 e. The van der Waals surface area contributed by atoms with Crippen LogP contribution in [0.25, 0.3) is 0 Å². The molecule has 0 radical (unpaired) electrons. The van der Waals surface area contributed by atoms with Crippen LogP contribution in [0.5, 0.6) is 0 Å². The summed E-state index contributed by atoms with van der Waals surface area (Å²) >= 11 is 0. The van der Waals surface area contributed by atoms with Gasteiger partial charge in [-0.15, -0.1) is 0 Å². The Balaban J connectivity index is 2.65. The van der Waals surface area contributed by atoms with Gasteiger partial charge in [-0.05, 0) is 19.8 Å². The minimum atomic E-state index is -0.0111. The number of rotatable bonds is 10. The lowest BCUT2D eigenvalue weighted by Crippen LogP contribution is -2.58. The Morgan fingerprint density at radius 2 is 2.00 bits per heavy atom. The van der Waals surface area contributed by atoms with Crippen LogP contribution < -0.4 is 5.73 Å². The van der Waals surface area contributed by atoms with Crippen molar-refractivity contribution in [1.29, 1.82) is 0 Å². The number of nitrogens with zero attached hydrogens (tertiary/aromatic N) is 1. The Kier molecular flexibility index (Phi) is 7.87. The fourth-order valence-electron chi connectivity index (χ4n) is 2.80. The highest BCUT2D eigenvalue weighted by atomic mass is 16.5. The minimum Gasteiger partial charge on any atom is -0.385 e. The first-order chi connectivity index (χ1) is 9.19. The fourth-order valence-corrected chi connectivity index (χ4v) is 2.80. The van der Waals surface area contributed by atoms with Crippen LogP contribution in [0.1, 0.15) is 19.8 Å². The van der Waals surface area contributed by atoms with Crippen LogP contribution >= 0.6 is 0 Å². The Morgan fingerprint density at radius 3 is 2.53 bits per heavy atom. The number of nitrogens with two attached hydrogens (primary N) is 1. The summed E-state index contributed by atoms with van der Waals surface area (Å²) < 4.78 is 15.9. The first-order valence-electron chi connectivity index (χ1n) is 7.19. The van der Waals surface area contributed by atoms with Crippen LogP contribution in [0, 0.1) is 5.92 Å². The molecule has 1 aliphatic rings. The molecular formula is C14H30N2O3. The van der Waals surface area contributed by atoms with Gasteiger partial charge in [0, 0.05) is 58.5 Å². The largest absolute Gasteiger partial charge is 0.385 e. The predicted molar refractivity (Wildman–Crippen MR) is 76.3 cm³/mol. The van der Waals surface area contributed by atoms with Gasteiger partial charge in [0.1, 0.15) is 0 Å². The summed E-state index contributed by atoms with van der Waals surface area (Å²) in [6, 6.07) is 0. The second-order valence-electron chi connectivity index (χ2n) is 5.45. The van der Waals surface area contributed by atoms with Gasteiger partial charge in [0.25, 0.3) is 0 Å². The molecule has 19 heavy (non-hydrogen) atoms. The van der Waals surface area contributed by atoms with Crippen LogP contribution in [-0.2, 0) is 14.2 Å². The predicted octanol–water partition coefficient (Wildman–Crippen LogP) is 0.725. The molecule has 114 valence electrons. The van der Waals surface area contributed by atoms with E-state index in [-0.39, 0.29) is 5.54 Å². The van der Waals surface area contributed by atoms with E-state index in [1.54, 1.807) is 14.2 Å². The highest BCUT2D eigenvalue weighted by Crippen LogP contribution is 2.30. The Hall–Kier alpha value is -0.200. The molecule has 0 bridgehead atoms. The smallest absolute Gasteiger partial charge is 0.0589 e. The van der Waals surface area contributed by atoms with E-state index in [9.17, 15) is 0 Å². The summed E-state index contributed by atoms with van der Waals surface area (Å²) in [4.78, 5) is 2.45. The van der Waals surface area contributed by atoms with Gasteiger partial charge in [0.15, 0.2) is 0 Å². The molecule has 0 spiro atoms. The van der Waals surface area contributed by atoms with Gasteiger partial charge in [0.2, 0.25) is 0 Å². The van der Waals surface area contributed by atoms with E-state index >= 15 is 0 Å². The molecule has 2 atom stereocenters. The van der Waals surface area contributed by atoms with E-state index in [0.717, 1.165) is 52.4 Å². The Labute approximate surface area is 117 Å². The first kappa shape index (κ1) is 16.9. The Bertz CT molecular complexity index is 235. The van der Waals surface area contributed by atoms with Crippen LogP contribution in [0.2, 0.25) is 0 Å². The van der Waals surface area contributed by atoms with E-state index in [2.05, 4.69) is 11.8 Å². The molecule has 2 N–H and O–H groups in total. The number of ether oxygens (including phenoxy) is 3. The zero-order valence-electron chi connectivity index (χ0n) is 12.7. The van der Waals surface area contributed by atoms with E-state index in [4.69, 9.17) is 19.9 Å². The van der Waals surface area contributed by atoms with Crippen molar-refractivity contribution in [3.8, 4) is 0 Å². The topological polar surface area (TPSA) is 57.0 Å². The van der Waals surface area contributed by atoms with E-state index in [0.29, 0.717) is 12.5 Å². The van der Waals surface area contributed by atoms with Crippen molar-refractivity contribution in [2.24, 2.45) is 11.7 Å². The van der Waals surface area contributed by atoms with Crippen molar-refractivity contribution < 1.29 is 14.2 Å². The van der Waals surface area contributed by atoms with E-state index in [1.807, 2.05) is 0 Å². The second-order valence-corrected chi connectivity index (χ2v) is 5.45. The van der Waals surface area contributed by atoms with Crippen molar-refractivity contribution >= 4 is 0 Å². The summed E-state index contributed by atoms with van der Waals surface area (Å²) in [6.45, 7) is 8.00. The van der Waals surface area contributed by atoms with Gasteiger partial charge < -0.3 is 19.9 Å². The van der Waals surface area contributed by atoms with Crippen LogP contribution in [0.15, 0.2) is 0 Å². The van der Waals surface area contributed by atoms with Crippen LogP contribution in [0.3, 0.4) is 0 Å². The third kappa shape index (κ3) is 4.68. The van der Waals surface area contributed by atoms with Gasteiger partial charge in [-0.3, -0.25) is 4.90 Å². The zero-order valence-corrected chi connectivity index (χ0v) is 12.7. The molecule has 2 unspecified atom stereocenters. The SMILES string of the molecule is COCCCN(CCOC)C(C)(CN)C1CCOC1.